The fraction of sp³-hybridized carbons (Fsp3) is 0.600. The van der Waals surface area contributed by atoms with Gasteiger partial charge in [0, 0.05) is 50.5 Å². The van der Waals surface area contributed by atoms with Crippen molar-refractivity contribution in [1.29, 1.82) is 0 Å². The van der Waals surface area contributed by atoms with Gasteiger partial charge in [0.2, 0.25) is 0 Å². The Balaban J connectivity index is 1.66. The molecule has 0 aromatic rings. The standard InChI is InChI=1S/C15H24N4O2/c1-3-16-15(21)17-13-6-8-18(9-7-13)10-11-19-12(2)4-5-14(19)20/h4-5,13H,2-3,6-11H2,1H3,(H2,16,17,21). The maximum absolute atomic E-state index is 11.6. The minimum absolute atomic E-state index is 0.0211. The molecule has 0 atom stereocenters. The molecule has 0 aromatic heterocycles. The van der Waals surface area contributed by atoms with Gasteiger partial charge in [-0.3, -0.25) is 4.79 Å². The second kappa shape index (κ2) is 7.26. The van der Waals surface area contributed by atoms with Crippen molar-refractivity contribution in [3.8, 4) is 0 Å². The molecule has 2 rings (SSSR count). The topological polar surface area (TPSA) is 64.7 Å². The monoisotopic (exact) mass is 292 g/mol. The molecule has 0 aromatic carbocycles. The van der Waals surface area contributed by atoms with Gasteiger partial charge in [0.25, 0.3) is 5.91 Å². The average molecular weight is 292 g/mol. The smallest absolute Gasteiger partial charge is 0.314 e. The van der Waals surface area contributed by atoms with Crippen molar-refractivity contribution >= 4 is 11.9 Å². The summed E-state index contributed by atoms with van der Waals surface area (Å²) >= 11 is 0. The number of allylic oxidation sites excluding steroid dienone is 1. The number of nitrogens with one attached hydrogen (secondary N) is 2. The van der Waals surface area contributed by atoms with Crippen molar-refractivity contribution in [2.24, 2.45) is 0 Å². The lowest BCUT2D eigenvalue weighted by Crippen LogP contribution is -2.48. The van der Waals surface area contributed by atoms with E-state index in [0.717, 1.165) is 38.2 Å². The van der Waals surface area contributed by atoms with Crippen molar-refractivity contribution in [3.05, 3.63) is 24.4 Å². The van der Waals surface area contributed by atoms with E-state index in [0.29, 0.717) is 13.1 Å². The molecule has 2 aliphatic rings. The number of hydrogen-bond acceptors (Lipinski definition) is 3. The number of carbonyl (C=O) groups is 2. The molecule has 0 aliphatic carbocycles. The quantitative estimate of drug-likeness (QED) is 0.783. The normalized spacial score (nSPS) is 20.1. The Labute approximate surface area is 125 Å². The minimum Gasteiger partial charge on any atom is -0.338 e. The second-order valence-corrected chi connectivity index (χ2v) is 5.43. The zero-order chi connectivity index (χ0) is 15.2. The van der Waals surface area contributed by atoms with E-state index in [9.17, 15) is 9.59 Å². The van der Waals surface area contributed by atoms with E-state index < -0.39 is 0 Å². The van der Waals surface area contributed by atoms with Crippen LogP contribution in [0.2, 0.25) is 0 Å². The fourth-order valence-corrected chi connectivity index (χ4v) is 2.68. The van der Waals surface area contributed by atoms with Crippen LogP contribution in [0.5, 0.6) is 0 Å². The Morgan fingerprint density at radius 1 is 1.33 bits per heavy atom. The van der Waals surface area contributed by atoms with Crippen molar-refractivity contribution in [3.63, 3.8) is 0 Å². The summed E-state index contributed by atoms with van der Waals surface area (Å²) in [7, 11) is 0. The van der Waals surface area contributed by atoms with Gasteiger partial charge in [-0.1, -0.05) is 6.58 Å². The lowest BCUT2D eigenvalue weighted by atomic mass is 10.1. The third-order valence-electron chi connectivity index (χ3n) is 3.93. The Morgan fingerprint density at radius 3 is 2.62 bits per heavy atom. The zero-order valence-corrected chi connectivity index (χ0v) is 12.6. The van der Waals surface area contributed by atoms with Gasteiger partial charge >= 0.3 is 6.03 Å². The number of amides is 3. The summed E-state index contributed by atoms with van der Waals surface area (Å²) in [5, 5.41) is 5.74. The molecule has 1 saturated heterocycles. The molecule has 0 bridgehead atoms. The second-order valence-electron chi connectivity index (χ2n) is 5.43. The maximum atomic E-state index is 11.6. The summed E-state index contributed by atoms with van der Waals surface area (Å²) in [5.74, 6) is 0.0211. The van der Waals surface area contributed by atoms with E-state index >= 15 is 0 Å². The molecular formula is C15H24N4O2. The number of likely N-dealkylation sites (tertiary alicyclic amines) is 1. The summed E-state index contributed by atoms with van der Waals surface area (Å²) in [6, 6.07) is 0.166. The molecule has 2 N–H and O–H groups in total. The van der Waals surface area contributed by atoms with Gasteiger partial charge in [0.05, 0.1) is 0 Å². The predicted octanol–water partition coefficient (Wildman–Crippen LogP) is 0.682. The third-order valence-corrected chi connectivity index (χ3v) is 3.93. The maximum Gasteiger partial charge on any atom is 0.314 e. The van der Waals surface area contributed by atoms with E-state index in [2.05, 4.69) is 22.1 Å². The van der Waals surface area contributed by atoms with Crippen molar-refractivity contribution in [2.45, 2.75) is 25.8 Å². The van der Waals surface area contributed by atoms with Gasteiger partial charge in [-0.2, -0.15) is 0 Å². The fourth-order valence-electron chi connectivity index (χ4n) is 2.68. The first-order valence-electron chi connectivity index (χ1n) is 7.55. The molecule has 6 nitrogen and oxygen atoms in total. The molecule has 0 unspecified atom stereocenters. The van der Waals surface area contributed by atoms with E-state index in [4.69, 9.17) is 0 Å². The van der Waals surface area contributed by atoms with Crippen LogP contribution in [0.25, 0.3) is 0 Å². The minimum atomic E-state index is -0.0824. The van der Waals surface area contributed by atoms with Crippen LogP contribution in [0.15, 0.2) is 24.4 Å². The summed E-state index contributed by atoms with van der Waals surface area (Å²) in [5.41, 5.74) is 0.771. The molecule has 6 heteroatoms. The highest BCUT2D eigenvalue weighted by Gasteiger charge is 2.23. The SMILES string of the molecule is C=C1C=CC(=O)N1CCN1CCC(NC(=O)NCC)CC1. The molecule has 0 radical (unpaired) electrons. The van der Waals surface area contributed by atoms with Crippen LogP contribution in [-0.4, -0.2) is 60.5 Å². The van der Waals surface area contributed by atoms with Crippen LogP contribution >= 0.6 is 0 Å². The highest BCUT2D eigenvalue weighted by molar-refractivity contribution is 5.92. The van der Waals surface area contributed by atoms with Crippen molar-refractivity contribution in [2.75, 3.05) is 32.7 Å². The van der Waals surface area contributed by atoms with Gasteiger partial charge in [-0.05, 0) is 25.8 Å². The average Bonchev–Trinajstić information content (AvgIpc) is 2.78. The number of nitrogens with zero attached hydrogens (tertiary/aromatic N) is 2. The zero-order valence-electron chi connectivity index (χ0n) is 12.6. The van der Waals surface area contributed by atoms with Crippen LogP contribution in [-0.2, 0) is 4.79 Å². The molecular weight excluding hydrogens is 268 g/mol. The molecule has 0 saturated carbocycles. The van der Waals surface area contributed by atoms with E-state index in [1.54, 1.807) is 17.1 Å². The number of piperidine rings is 1. The van der Waals surface area contributed by atoms with Gasteiger partial charge in [0.1, 0.15) is 0 Å². The van der Waals surface area contributed by atoms with Crippen LogP contribution < -0.4 is 10.6 Å². The Morgan fingerprint density at radius 2 is 2.05 bits per heavy atom. The first-order valence-corrected chi connectivity index (χ1v) is 7.55. The van der Waals surface area contributed by atoms with Crippen LogP contribution in [0.1, 0.15) is 19.8 Å². The Kier molecular flexibility index (Phi) is 5.38. The van der Waals surface area contributed by atoms with Crippen LogP contribution in [0.3, 0.4) is 0 Å². The third kappa shape index (κ3) is 4.32. The highest BCUT2D eigenvalue weighted by Crippen LogP contribution is 2.14. The van der Waals surface area contributed by atoms with Crippen molar-refractivity contribution < 1.29 is 9.59 Å². The van der Waals surface area contributed by atoms with Crippen molar-refractivity contribution in [1.82, 2.24) is 20.4 Å². The Bertz CT molecular complexity index is 421. The lowest BCUT2D eigenvalue weighted by Gasteiger charge is -2.33. The molecule has 0 spiro atoms. The number of carbonyl (C=O) groups excluding carboxylic acids is 2. The van der Waals surface area contributed by atoms with E-state index in [1.807, 2.05) is 6.92 Å². The van der Waals surface area contributed by atoms with Gasteiger partial charge in [0.15, 0.2) is 0 Å². The van der Waals surface area contributed by atoms with E-state index in [-0.39, 0.29) is 18.0 Å². The summed E-state index contributed by atoms with van der Waals surface area (Å²) < 4.78 is 0. The number of urea groups is 1. The van der Waals surface area contributed by atoms with Crippen LogP contribution in [0.4, 0.5) is 4.79 Å². The number of rotatable bonds is 5. The molecule has 2 heterocycles. The summed E-state index contributed by atoms with van der Waals surface area (Å²) in [6.07, 6.45) is 5.21. The van der Waals surface area contributed by atoms with Gasteiger partial charge in [-0.15, -0.1) is 0 Å². The lowest BCUT2D eigenvalue weighted by molar-refractivity contribution is -0.123. The number of hydrogen-bond donors (Lipinski definition) is 2. The molecule has 116 valence electrons. The molecule has 2 aliphatic heterocycles. The van der Waals surface area contributed by atoms with Gasteiger partial charge < -0.3 is 20.4 Å². The summed E-state index contributed by atoms with van der Waals surface area (Å²) in [6.45, 7) is 9.82. The Hall–Kier alpha value is -1.82. The summed E-state index contributed by atoms with van der Waals surface area (Å²) in [4.78, 5) is 27.1. The molecule has 1 fully saturated rings. The first-order chi connectivity index (χ1) is 10.1. The predicted molar refractivity (Wildman–Crippen MR) is 81.7 cm³/mol. The molecule has 21 heavy (non-hydrogen) atoms. The highest BCUT2D eigenvalue weighted by atomic mass is 16.2. The van der Waals surface area contributed by atoms with Gasteiger partial charge in [-0.25, -0.2) is 4.79 Å². The van der Waals surface area contributed by atoms with Crippen LogP contribution in [0, 0.1) is 0 Å². The largest absolute Gasteiger partial charge is 0.338 e. The molecule has 3 amide bonds. The first kappa shape index (κ1) is 15.6. The van der Waals surface area contributed by atoms with E-state index in [1.165, 1.54) is 0 Å².